The van der Waals surface area contributed by atoms with Crippen LogP contribution < -0.4 is 4.74 Å². The number of benzene rings is 2. The topological polar surface area (TPSA) is 55.6 Å². The SMILES string of the molecule is COc1ccccc1CN(C)C(=O)c1oc2ccccc2c1CSc1nc(C)cs1. The Labute approximate surface area is 183 Å². The van der Waals surface area contributed by atoms with Crippen molar-refractivity contribution in [3.8, 4) is 5.75 Å². The molecule has 0 atom stereocenters. The molecule has 30 heavy (non-hydrogen) atoms. The molecule has 0 saturated carbocycles. The van der Waals surface area contributed by atoms with Gasteiger partial charge in [0, 0.05) is 46.9 Å². The highest BCUT2D eigenvalue weighted by Gasteiger charge is 2.24. The van der Waals surface area contributed by atoms with Gasteiger partial charge in [-0.1, -0.05) is 48.2 Å². The Morgan fingerprint density at radius 3 is 2.73 bits per heavy atom. The maximum atomic E-state index is 13.3. The lowest BCUT2D eigenvalue weighted by Crippen LogP contribution is -2.26. The van der Waals surface area contributed by atoms with Crippen molar-refractivity contribution in [1.82, 2.24) is 9.88 Å². The molecule has 0 saturated heterocycles. The number of thioether (sulfide) groups is 1. The van der Waals surface area contributed by atoms with Crippen molar-refractivity contribution in [2.24, 2.45) is 0 Å². The summed E-state index contributed by atoms with van der Waals surface area (Å²) < 4.78 is 12.4. The lowest BCUT2D eigenvalue weighted by Gasteiger charge is -2.18. The lowest BCUT2D eigenvalue weighted by molar-refractivity contribution is 0.0754. The first-order valence-electron chi connectivity index (χ1n) is 9.49. The van der Waals surface area contributed by atoms with Gasteiger partial charge in [0.2, 0.25) is 0 Å². The third-order valence-corrected chi connectivity index (χ3v) is 6.94. The van der Waals surface area contributed by atoms with Crippen molar-refractivity contribution >= 4 is 40.0 Å². The Bertz CT molecular complexity index is 1180. The number of furan rings is 1. The summed E-state index contributed by atoms with van der Waals surface area (Å²) in [5.74, 6) is 1.61. The number of nitrogens with zero attached hydrogens (tertiary/aromatic N) is 2. The van der Waals surface area contributed by atoms with Crippen LogP contribution in [0, 0.1) is 6.92 Å². The highest BCUT2D eigenvalue weighted by atomic mass is 32.2. The van der Waals surface area contributed by atoms with Gasteiger partial charge >= 0.3 is 0 Å². The van der Waals surface area contributed by atoms with Gasteiger partial charge in [-0.3, -0.25) is 4.79 Å². The molecule has 0 fully saturated rings. The number of amides is 1. The van der Waals surface area contributed by atoms with Gasteiger partial charge in [-0.15, -0.1) is 11.3 Å². The minimum Gasteiger partial charge on any atom is -0.496 e. The molecular formula is C23H22N2O3S2. The summed E-state index contributed by atoms with van der Waals surface area (Å²) in [5.41, 5.74) is 3.58. The van der Waals surface area contributed by atoms with Crippen LogP contribution >= 0.6 is 23.1 Å². The zero-order chi connectivity index (χ0) is 21.1. The normalized spacial score (nSPS) is 11.0. The molecule has 154 valence electrons. The van der Waals surface area contributed by atoms with E-state index < -0.39 is 0 Å². The summed E-state index contributed by atoms with van der Waals surface area (Å²) in [4.78, 5) is 19.5. The van der Waals surface area contributed by atoms with Crippen molar-refractivity contribution in [2.45, 2.75) is 23.6 Å². The van der Waals surface area contributed by atoms with E-state index in [-0.39, 0.29) is 5.91 Å². The van der Waals surface area contributed by atoms with Gasteiger partial charge in [0.25, 0.3) is 5.91 Å². The van der Waals surface area contributed by atoms with E-state index in [1.165, 1.54) is 0 Å². The van der Waals surface area contributed by atoms with Crippen molar-refractivity contribution in [3.05, 3.63) is 76.5 Å². The van der Waals surface area contributed by atoms with Crippen molar-refractivity contribution in [3.63, 3.8) is 0 Å². The molecule has 7 heteroatoms. The van der Waals surface area contributed by atoms with Crippen molar-refractivity contribution in [2.75, 3.05) is 14.2 Å². The number of para-hydroxylation sites is 2. The fourth-order valence-corrected chi connectivity index (χ4v) is 5.16. The van der Waals surface area contributed by atoms with Crippen LogP contribution in [0.5, 0.6) is 5.75 Å². The maximum absolute atomic E-state index is 13.3. The molecule has 2 heterocycles. The number of aromatic nitrogens is 1. The van der Waals surface area contributed by atoms with Gasteiger partial charge in [-0.2, -0.15) is 0 Å². The van der Waals surface area contributed by atoms with Crippen molar-refractivity contribution in [1.29, 1.82) is 0 Å². The molecule has 2 aromatic heterocycles. The number of fused-ring (bicyclic) bond motifs is 1. The molecule has 5 nitrogen and oxygen atoms in total. The first kappa shape index (κ1) is 20.5. The third-order valence-electron chi connectivity index (χ3n) is 4.78. The molecule has 0 unspecified atom stereocenters. The molecule has 4 rings (SSSR count). The van der Waals surface area contributed by atoms with Crippen LogP contribution in [0.1, 0.15) is 27.4 Å². The van der Waals surface area contributed by atoms with Gasteiger partial charge in [0.1, 0.15) is 15.7 Å². The monoisotopic (exact) mass is 438 g/mol. The van der Waals surface area contributed by atoms with E-state index in [0.29, 0.717) is 18.1 Å². The number of carbonyl (C=O) groups is 1. The van der Waals surface area contributed by atoms with Crippen LogP contribution in [0.15, 0.2) is 62.7 Å². The standard InChI is InChI=1S/C23H22N2O3S2/c1-15-13-29-23(24-15)30-14-18-17-9-5-7-11-20(17)28-21(18)22(26)25(2)12-16-8-4-6-10-19(16)27-3/h4-11,13H,12,14H2,1-3H3. The van der Waals surface area contributed by atoms with E-state index in [1.54, 1.807) is 42.2 Å². The van der Waals surface area contributed by atoms with Gasteiger partial charge in [-0.25, -0.2) is 4.98 Å². The zero-order valence-corrected chi connectivity index (χ0v) is 18.7. The zero-order valence-electron chi connectivity index (χ0n) is 17.0. The summed E-state index contributed by atoms with van der Waals surface area (Å²) >= 11 is 3.24. The van der Waals surface area contributed by atoms with E-state index in [0.717, 1.165) is 37.9 Å². The quantitative estimate of drug-likeness (QED) is 0.343. The predicted molar refractivity (Wildman–Crippen MR) is 121 cm³/mol. The number of hydrogen-bond donors (Lipinski definition) is 0. The Balaban J connectivity index is 1.62. The maximum Gasteiger partial charge on any atom is 0.289 e. The fourth-order valence-electron chi connectivity index (χ4n) is 3.28. The minimum atomic E-state index is -0.150. The van der Waals surface area contributed by atoms with E-state index in [9.17, 15) is 4.79 Å². The first-order chi connectivity index (χ1) is 14.6. The molecule has 1 amide bonds. The molecule has 0 aliphatic heterocycles. The predicted octanol–water partition coefficient (Wildman–Crippen LogP) is 5.77. The molecule has 0 N–H and O–H groups in total. The van der Waals surface area contributed by atoms with Crippen LogP contribution in [0.4, 0.5) is 0 Å². The van der Waals surface area contributed by atoms with E-state index in [1.807, 2.05) is 60.8 Å². The summed E-state index contributed by atoms with van der Waals surface area (Å²) in [6, 6.07) is 15.5. The number of thiazole rings is 1. The highest BCUT2D eigenvalue weighted by Crippen LogP contribution is 2.34. The Morgan fingerprint density at radius 1 is 1.20 bits per heavy atom. The van der Waals surface area contributed by atoms with Crippen LogP contribution in [0.25, 0.3) is 11.0 Å². The van der Waals surface area contributed by atoms with E-state index in [2.05, 4.69) is 4.98 Å². The number of aryl methyl sites for hydroxylation is 1. The second kappa shape index (κ2) is 8.93. The molecular weight excluding hydrogens is 416 g/mol. The average molecular weight is 439 g/mol. The van der Waals surface area contributed by atoms with Crippen LogP contribution in [-0.2, 0) is 12.3 Å². The second-order valence-electron chi connectivity index (χ2n) is 6.92. The summed E-state index contributed by atoms with van der Waals surface area (Å²) in [7, 11) is 3.42. The van der Waals surface area contributed by atoms with Crippen LogP contribution in [0.2, 0.25) is 0 Å². The number of rotatable bonds is 7. The summed E-state index contributed by atoms with van der Waals surface area (Å²) in [6.07, 6.45) is 0. The molecule has 0 aliphatic rings. The number of methoxy groups -OCH3 is 1. The van der Waals surface area contributed by atoms with Gasteiger partial charge in [0.05, 0.1) is 7.11 Å². The Morgan fingerprint density at radius 2 is 1.97 bits per heavy atom. The Hall–Kier alpha value is -2.77. The van der Waals surface area contributed by atoms with Crippen molar-refractivity contribution < 1.29 is 13.9 Å². The summed E-state index contributed by atoms with van der Waals surface area (Å²) in [5, 5.41) is 3.00. The minimum absolute atomic E-state index is 0.150. The molecule has 2 aromatic carbocycles. The molecule has 0 radical (unpaired) electrons. The number of carbonyl (C=O) groups excluding carboxylic acids is 1. The van der Waals surface area contributed by atoms with Crippen LogP contribution in [-0.4, -0.2) is 29.9 Å². The molecule has 0 bridgehead atoms. The van der Waals surface area contributed by atoms with Gasteiger partial charge < -0.3 is 14.1 Å². The second-order valence-corrected chi connectivity index (χ2v) is 9.00. The first-order valence-corrected chi connectivity index (χ1v) is 11.4. The fraction of sp³-hybridized carbons (Fsp3) is 0.217. The van der Waals surface area contributed by atoms with E-state index in [4.69, 9.17) is 9.15 Å². The molecule has 0 spiro atoms. The molecule has 0 aliphatic carbocycles. The third kappa shape index (κ3) is 4.22. The molecule has 4 aromatic rings. The number of hydrogen-bond acceptors (Lipinski definition) is 6. The van der Waals surface area contributed by atoms with E-state index >= 15 is 0 Å². The van der Waals surface area contributed by atoms with Gasteiger partial charge in [-0.05, 0) is 19.1 Å². The largest absolute Gasteiger partial charge is 0.496 e. The number of ether oxygens (including phenoxy) is 1. The lowest BCUT2D eigenvalue weighted by atomic mass is 10.1. The smallest absolute Gasteiger partial charge is 0.289 e. The highest BCUT2D eigenvalue weighted by molar-refractivity contribution is 8.00. The van der Waals surface area contributed by atoms with Gasteiger partial charge in [0.15, 0.2) is 5.76 Å². The average Bonchev–Trinajstić information content (AvgIpc) is 3.35. The summed E-state index contributed by atoms with van der Waals surface area (Å²) in [6.45, 7) is 2.41. The Kier molecular flexibility index (Phi) is 6.11. The van der Waals surface area contributed by atoms with Crippen LogP contribution in [0.3, 0.4) is 0 Å².